The van der Waals surface area contributed by atoms with E-state index >= 15 is 0 Å². The number of esters is 2. The molecule has 0 spiro atoms. The predicted octanol–water partition coefficient (Wildman–Crippen LogP) is -2.83. The van der Waals surface area contributed by atoms with Crippen LogP contribution in [0.1, 0.15) is 20.7 Å². The van der Waals surface area contributed by atoms with Gasteiger partial charge >= 0.3 is 30.8 Å². The predicted molar refractivity (Wildman–Crippen MR) is 57.1 cm³/mol. The maximum Gasteiger partial charge on any atom is 1.00 e. The molecule has 0 saturated carbocycles. The van der Waals surface area contributed by atoms with E-state index in [-0.39, 0.29) is 18.9 Å². The minimum atomic E-state index is -5.03. The summed E-state index contributed by atoms with van der Waals surface area (Å²) >= 11 is 0. The molecule has 7 nitrogen and oxygen atoms in total. The summed E-state index contributed by atoms with van der Waals surface area (Å²) in [5.74, 6) is -2.06. The van der Waals surface area contributed by atoms with E-state index in [0.29, 0.717) is 0 Å². The van der Waals surface area contributed by atoms with E-state index in [1.807, 2.05) is 0 Å². The first-order chi connectivity index (χ1) is 8.32. The number of methoxy groups -OCH3 is 2. The van der Waals surface area contributed by atoms with E-state index in [9.17, 15) is 22.6 Å². The molecule has 1 aromatic carbocycles. The van der Waals surface area contributed by atoms with Crippen molar-refractivity contribution in [3.05, 3.63) is 29.3 Å². The minimum absolute atomic E-state index is 0. The van der Waals surface area contributed by atoms with Gasteiger partial charge in [0.05, 0.1) is 30.2 Å². The summed E-state index contributed by atoms with van der Waals surface area (Å²) in [6.07, 6.45) is 0. The monoisotopic (exact) mass is 280 g/mol. The summed E-state index contributed by atoms with van der Waals surface area (Å²) in [6, 6.07) is 3.39. The zero-order valence-corrected chi connectivity index (χ0v) is 11.3. The van der Waals surface area contributed by atoms with E-state index < -0.39 is 38.1 Å². The van der Waals surface area contributed by atoms with Crippen molar-refractivity contribution >= 4 is 22.1 Å². The van der Waals surface area contributed by atoms with Crippen LogP contribution in [0.3, 0.4) is 0 Å². The van der Waals surface area contributed by atoms with Gasteiger partial charge in [-0.2, -0.15) is 0 Å². The summed E-state index contributed by atoms with van der Waals surface area (Å²) in [5.41, 5.74) is -1.01. The van der Waals surface area contributed by atoms with Gasteiger partial charge in [-0.1, -0.05) is 6.07 Å². The van der Waals surface area contributed by atoms with Crippen molar-refractivity contribution in [3.63, 3.8) is 0 Å². The first kappa shape index (κ1) is 17.7. The summed E-state index contributed by atoms with van der Waals surface area (Å²) in [6.45, 7) is 0. The van der Waals surface area contributed by atoms with Gasteiger partial charge in [-0.3, -0.25) is 0 Å². The Morgan fingerprint density at radius 3 is 1.68 bits per heavy atom. The average molecular weight is 280 g/mol. The number of carbonyl (C=O) groups excluding carboxylic acids is 2. The van der Waals surface area contributed by atoms with Crippen molar-refractivity contribution in [1.29, 1.82) is 0 Å². The van der Waals surface area contributed by atoms with Gasteiger partial charge in [-0.25, -0.2) is 18.0 Å². The van der Waals surface area contributed by atoms with Gasteiger partial charge < -0.3 is 14.0 Å². The molecule has 0 aliphatic heterocycles. The Hall–Kier alpha value is -1.33. The fraction of sp³-hybridized carbons (Fsp3) is 0.200. The SMILES string of the molecule is COC(=O)c1cccc(C(=O)OC)c1S(=O)(=O)[O-].[Li+]. The Morgan fingerprint density at radius 2 is 1.42 bits per heavy atom. The van der Waals surface area contributed by atoms with Crippen LogP contribution in [-0.4, -0.2) is 39.1 Å². The first-order valence-corrected chi connectivity index (χ1v) is 5.99. The molecule has 0 fully saturated rings. The molecule has 0 heterocycles. The Balaban J connectivity index is 0.00000324. The molecule has 0 aliphatic rings. The molecule has 1 aromatic rings. The molecular formula is C10H9LiO7S. The molecular weight excluding hydrogens is 271 g/mol. The molecule has 0 radical (unpaired) electrons. The molecule has 9 heteroatoms. The van der Waals surface area contributed by atoms with Gasteiger partial charge in [-0.05, 0) is 12.1 Å². The average Bonchev–Trinajstić information content (AvgIpc) is 2.34. The molecule has 0 saturated heterocycles. The van der Waals surface area contributed by atoms with Crippen molar-refractivity contribution in [2.75, 3.05) is 14.2 Å². The maximum absolute atomic E-state index is 11.4. The molecule has 0 atom stereocenters. The van der Waals surface area contributed by atoms with E-state index in [2.05, 4.69) is 9.47 Å². The molecule has 1 rings (SSSR count). The minimum Gasteiger partial charge on any atom is -0.744 e. The summed E-state index contributed by atoms with van der Waals surface area (Å²) in [5, 5.41) is 0. The molecule has 0 aromatic heterocycles. The quantitative estimate of drug-likeness (QED) is 0.333. The van der Waals surface area contributed by atoms with Crippen molar-refractivity contribution in [3.8, 4) is 0 Å². The molecule has 0 bridgehead atoms. The molecule has 0 N–H and O–H groups in total. The molecule has 0 aliphatic carbocycles. The third-order valence-electron chi connectivity index (χ3n) is 2.08. The largest absolute Gasteiger partial charge is 1.00 e. The second kappa shape index (κ2) is 6.72. The van der Waals surface area contributed by atoms with Crippen LogP contribution in [0.25, 0.3) is 0 Å². The van der Waals surface area contributed by atoms with Gasteiger partial charge in [-0.15, -0.1) is 0 Å². The summed E-state index contributed by atoms with van der Waals surface area (Å²) in [4.78, 5) is 21.8. The number of hydrogen-bond donors (Lipinski definition) is 0. The standard InChI is InChI=1S/C10H10O7S.Li/c1-16-9(11)6-4-3-5-7(10(12)17-2)8(6)18(13,14)15;/h3-5H,1-2H3,(H,13,14,15);/q;+1/p-1. The number of hydrogen-bond acceptors (Lipinski definition) is 7. The van der Waals surface area contributed by atoms with Crippen molar-refractivity contribution in [2.24, 2.45) is 0 Å². The smallest absolute Gasteiger partial charge is 0.744 e. The fourth-order valence-corrected chi connectivity index (χ4v) is 2.19. The van der Waals surface area contributed by atoms with Gasteiger partial charge in [0.25, 0.3) is 0 Å². The molecule has 98 valence electrons. The second-order valence-corrected chi connectivity index (χ2v) is 4.44. The second-order valence-electron chi connectivity index (χ2n) is 3.12. The van der Waals surface area contributed by atoms with Crippen LogP contribution in [0.4, 0.5) is 0 Å². The van der Waals surface area contributed by atoms with Crippen molar-refractivity contribution < 1.29 is 50.9 Å². The zero-order chi connectivity index (χ0) is 13.9. The molecule has 0 amide bonds. The number of rotatable bonds is 3. The summed E-state index contributed by atoms with van der Waals surface area (Å²) < 4.78 is 42.1. The van der Waals surface area contributed by atoms with Crippen LogP contribution in [-0.2, 0) is 19.6 Å². The number of carbonyl (C=O) groups is 2. The van der Waals surface area contributed by atoms with Crippen molar-refractivity contribution in [2.45, 2.75) is 4.90 Å². The number of ether oxygens (including phenoxy) is 2. The van der Waals surface area contributed by atoms with Crippen LogP contribution < -0.4 is 18.9 Å². The van der Waals surface area contributed by atoms with Gasteiger partial charge in [0, 0.05) is 0 Å². The van der Waals surface area contributed by atoms with Crippen molar-refractivity contribution in [1.82, 2.24) is 0 Å². The molecule has 0 unspecified atom stereocenters. The van der Waals surface area contributed by atoms with Crippen LogP contribution in [0.2, 0.25) is 0 Å². The topological polar surface area (TPSA) is 110 Å². The Morgan fingerprint density at radius 1 is 1.05 bits per heavy atom. The summed E-state index contributed by atoms with van der Waals surface area (Å²) in [7, 11) is -2.98. The van der Waals surface area contributed by atoms with Gasteiger partial charge in [0.15, 0.2) is 0 Å². The van der Waals surface area contributed by atoms with Crippen LogP contribution in [0.15, 0.2) is 23.1 Å². The third kappa shape index (κ3) is 3.81. The van der Waals surface area contributed by atoms with Crippen LogP contribution in [0, 0.1) is 0 Å². The van der Waals surface area contributed by atoms with Crippen LogP contribution in [0.5, 0.6) is 0 Å². The normalized spacial score (nSPS) is 10.3. The van der Waals surface area contributed by atoms with Gasteiger partial charge in [0.2, 0.25) is 0 Å². The Bertz CT molecular complexity index is 560. The molecule has 19 heavy (non-hydrogen) atoms. The number of benzene rings is 1. The zero-order valence-electron chi connectivity index (χ0n) is 10.5. The Labute approximate surface area is 121 Å². The van der Waals surface area contributed by atoms with E-state index in [4.69, 9.17) is 0 Å². The Kier molecular flexibility index (Phi) is 6.25. The van der Waals surface area contributed by atoms with Crippen LogP contribution >= 0.6 is 0 Å². The van der Waals surface area contributed by atoms with E-state index in [0.717, 1.165) is 26.4 Å². The third-order valence-corrected chi connectivity index (χ3v) is 3.02. The fourth-order valence-electron chi connectivity index (χ4n) is 1.35. The first-order valence-electron chi connectivity index (χ1n) is 4.58. The van der Waals surface area contributed by atoms with E-state index in [1.54, 1.807) is 0 Å². The van der Waals surface area contributed by atoms with E-state index in [1.165, 1.54) is 6.07 Å². The maximum atomic E-state index is 11.4. The van der Waals surface area contributed by atoms with Gasteiger partial charge in [0.1, 0.15) is 10.1 Å².